The van der Waals surface area contributed by atoms with E-state index in [-0.39, 0.29) is 5.75 Å². The summed E-state index contributed by atoms with van der Waals surface area (Å²) in [5.74, 6) is 0.0127. The number of nitrogens with one attached hydrogen (secondary N) is 1. The molecule has 0 unspecified atom stereocenters. The van der Waals surface area contributed by atoms with Crippen LogP contribution in [-0.4, -0.2) is 15.1 Å². The third kappa shape index (κ3) is 0.851. The summed E-state index contributed by atoms with van der Waals surface area (Å²) < 4.78 is 0. The van der Waals surface area contributed by atoms with Gasteiger partial charge in [-0.3, -0.25) is 0 Å². The van der Waals surface area contributed by atoms with E-state index in [4.69, 9.17) is 16.7 Å². The molecule has 0 bridgehead atoms. The van der Waals surface area contributed by atoms with Crippen molar-refractivity contribution in [3.63, 3.8) is 0 Å². The Bertz CT molecular complexity index is 396. The number of aromatic hydroxyl groups is 1. The Balaban J connectivity index is 2.93. The molecule has 0 aromatic carbocycles. The molecule has 56 valence electrons. The maximum Gasteiger partial charge on any atom is 0.153 e. The summed E-state index contributed by atoms with van der Waals surface area (Å²) >= 11 is 5.76. The molecule has 0 aliphatic heterocycles. The second-order valence-corrected chi connectivity index (χ2v) is 2.58. The molecule has 2 rings (SSSR count). The van der Waals surface area contributed by atoms with E-state index in [1.807, 2.05) is 0 Å². The number of halogens is 1. The highest BCUT2D eigenvalue weighted by atomic mass is 35.5. The number of hydrogen-bond acceptors (Lipinski definition) is 2. The van der Waals surface area contributed by atoms with Crippen LogP contribution in [0.2, 0.25) is 5.02 Å². The SMILES string of the molecule is Oc1cnc2[nH]ccc2c1Cl. The summed E-state index contributed by atoms with van der Waals surface area (Å²) in [6, 6.07) is 1.77. The number of pyridine rings is 1. The molecule has 0 saturated heterocycles. The molecule has 2 aromatic heterocycles. The Hall–Kier alpha value is -1.22. The fourth-order valence-corrected chi connectivity index (χ4v) is 1.17. The summed E-state index contributed by atoms with van der Waals surface area (Å²) in [5.41, 5.74) is 0.688. The van der Waals surface area contributed by atoms with Gasteiger partial charge in [-0.15, -0.1) is 0 Å². The maximum absolute atomic E-state index is 9.13. The summed E-state index contributed by atoms with van der Waals surface area (Å²) in [4.78, 5) is 6.79. The van der Waals surface area contributed by atoms with Crippen LogP contribution < -0.4 is 0 Å². The Morgan fingerprint density at radius 1 is 1.55 bits per heavy atom. The van der Waals surface area contributed by atoms with Crippen molar-refractivity contribution in [2.75, 3.05) is 0 Å². The first kappa shape index (κ1) is 6.49. The molecular formula is C7H5ClN2O. The summed E-state index contributed by atoms with van der Waals surface area (Å²) in [6.45, 7) is 0. The van der Waals surface area contributed by atoms with Crippen molar-refractivity contribution in [1.82, 2.24) is 9.97 Å². The predicted molar refractivity (Wildman–Crippen MR) is 42.8 cm³/mol. The molecule has 4 heteroatoms. The van der Waals surface area contributed by atoms with Crippen LogP contribution in [0.1, 0.15) is 0 Å². The van der Waals surface area contributed by atoms with Crippen molar-refractivity contribution in [3.8, 4) is 5.75 Å². The highest BCUT2D eigenvalue weighted by Crippen LogP contribution is 2.28. The van der Waals surface area contributed by atoms with E-state index in [0.717, 1.165) is 5.39 Å². The van der Waals surface area contributed by atoms with E-state index in [0.29, 0.717) is 10.7 Å². The fourth-order valence-electron chi connectivity index (χ4n) is 0.965. The van der Waals surface area contributed by atoms with Crippen molar-refractivity contribution in [2.24, 2.45) is 0 Å². The molecule has 0 atom stereocenters. The Labute approximate surface area is 67.6 Å². The molecule has 2 N–H and O–H groups in total. The fraction of sp³-hybridized carbons (Fsp3) is 0. The van der Waals surface area contributed by atoms with Gasteiger partial charge in [0.15, 0.2) is 5.75 Å². The van der Waals surface area contributed by atoms with Crippen molar-refractivity contribution < 1.29 is 5.11 Å². The Kier molecular flexibility index (Phi) is 1.26. The van der Waals surface area contributed by atoms with Gasteiger partial charge in [0.05, 0.1) is 11.2 Å². The minimum Gasteiger partial charge on any atom is -0.505 e. The van der Waals surface area contributed by atoms with Gasteiger partial charge >= 0.3 is 0 Å². The third-order valence-corrected chi connectivity index (χ3v) is 1.90. The van der Waals surface area contributed by atoms with E-state index in [1.54, 1.807) is 12.3 Å². The van der Waals surface area contributed by atoms with Crippen molar-refractivity contribution >= 4 is 22.6 Å². The summed E-state index contributed by atoms with van der Waals surface area (Å²) in [6.07, 6.45) is 3.05. The molecule has 0 amide bonds. The maximum atomic E-state index is 9.13. The molecule has 0 saturated carbocycles. The zero-order chi connectivity index (χ0) is 7.84. The average Bonchev–Trinajstić information content (AvgIpc) is 2.45. The Morgan fingerprint density at radius 2 is 2.36 bits per heavy atom. The molecule has 0 aliphatic rings. The number of rotatable bonds is 0. The van der Waals surface area contributed by atoms with Gasteiger partial charge in [-0.05, 0) is 6.07 Å². The molecule has 0 aliphatic carbocycles. The largest absolute Gasteiger partial charge is 0.505 e. The van der Waals surface area contributed by atoms with Crippen molar-refractivity contribution in [3.05, 3.63) is 23.5 Å². The summed E-state index contributed by atoms with van der Waals surface area (Å²) in [5, 5.41) is 10.2. The minimum absolute atomic E-state index is 0.0127. The standard InChI is InChI=1S/C7H5ClN2O/c8-6-4-1-2-9-7(4)10-3-5(6)11/h1-3,11H,(H,9,10). The third-order valence-electron chi connectivity index (χ3n) is 1.50. The number of hydrogen-bond donors (Lipinski definition) is 2. The zero-order valence-corrected chi connectivity index (χ0v) is 6.26. The van der Waals surface area contributed by atoms with E-state index < -0.39 is 0 Å². The van der Waals surface area contributed by atoms with E-state index in [1.165, 1.54) is 6.20 Å². The zero-order valence-electron chi connectivity index (χ0n) is 5.50. The number of nitrogens with zero attached hydrogens (tertiary/aromatic N) is 1. The molecular weight excluding hydrogens is 164 g/mol. The van der Waals surface area contributed by atoms with Gasteiger partial charge in [0.2, 0.25) is 0 Å². The molecule has 0 spiro atoms. The van der Waals surface area contributed by atoms with Crippen LogP contribution in [0.3, 0.4) is 0 Å². The van der Waals surface area contributed by atoms with E-state index >= 15 is 0 Å². The topological polar surface area (TPSA) is 48.9 Å². The average molecular weight is 169 g/mol. The molecule has 0 radical (unpaired) electrons. The second kappa shape index (κ2) is 2.13. The Morgan fingerprint density at radius 3 is 3.18 bits per heavy atom. The van der Waals surface area contributed by atoms with Crippen LogP contribution in [0.25, 0.3) is 11.0 Å². The van der Waals surface area contributed by atoms with Gasteiger partial charge in [0, 0.05) is 11.6 Å². The van der Waals surface area contributed by atoms with Crippen molar-refractivity contribution in [1.29, 1.82) is 0 Å². The lowest BCUT2D eigenvalue weighted by atomic mass is 10.3. The van der Waals surface area contributed by atoms with Gasteiger partial charge in [0.1, 0.15) is 5.65 Å². The molecule has 3 nitrogen and oxygen atoms in total. The number of aromatic amines is 1. The summed E-state index contributed by atoms with van der Waals surface area (Å²) in [7, 11) is 0. The van der Waals surface area contributed by atoms with E-state index in [2.05, 4.69) is 9.97 Å². The minimum atomic E-state index is 0.0127. The highest BCUT2D eigenvalue weighted by molar-refractivity contribution is 6.36. The second-order valence-electron chi connectivity index (χ2n) is 2.20. The van der Waals surface area contributed by atoms with Crippen molar-refractivity contribution in [2.45, 2.75) is 0 Å². The van der Waals surface area contributed by atoms with Gasteiger partial charge in [-0.25, -0.2) is 4.98 Å². The first-order valence-corrected chi connectivity index (χ1v) is 3.47. The lowest BCUT2D eigenvalue weighted by Crippen LogP contribution is -1.76. The van der Waals surface area contributed by atoms with Crippen LogP contribution in [0, 0.1) is 0 Å². The van der Waals surface area contributed by atoms with Crippen LogP contribution in [0.4, 0.5) is 0 Å². The van der Waals surface area contributed by atoms with Crippen LogP contribution in [0.5, 0.6) is 5.75 Å². The van der Waals surface area contributed by atoms with Gasteiger partial charge < -0.3 is 10.1 Å². The van der Waals surface area contributed by atoms with Gasteiger partial charge in [-0.2, -0.15) is 0 Å². The predicted octanol–water partition coefficient (Wildman–Crippen LogP) is 1.92. The van der Waals surface area contributed by atoms with Gasteiger partial charge in [-0.1, -0.05) is 11.6 Å². The smallest absolute Gasteiger partial charge is 0.153 e. The quantitative estimate of drug-likeness (QED) is 0.632. The molecule has 0 fully saturated rings. The van der Waals surface area contributed by atoms with Crippen LogP contribution >= 0.6 is 11.6 Å². The molecule has 2 aromatic rings. The monoisotopic (exact) mass is 168 g/mol. The molecule has 2 heterocycles. The first-order chi connectivity index (χ1) is 5.29. The number of H-pyrrole nitrogens is 1. The molecule has 11 heavy (non-hydrogen) atoms. The van der Waals surface area contributed by atoms with E-state index in [9.17, 15) is 0 Å². The van der Waals surface area contributed by atoms with Gasteiger partial charge in [0.25, 0.3) is 0 Å². The first-order valence-electron chi connectivity index (χ1n) is 3.09. The van der Waals surface area contributed by atoms with Crippen LogP contribution in [0.15, 0.2) is 18.5 Å². The lowest BCUT2D eigenvalue weighted by molar-refractivity contribution is 0.474. The van der Waals surface area contributed by atoms with Crippen LogP contribution in [-0.2, 0) is 0 Å². The lowest BCUT2D eigenvalue weighted by Gasteiger charge is -1.95. The number of aromatic nitrogens is 2. The number of fused-ring (bicyclic) bond motifs is 1. The highest BCUT2D eigenvalue weighted by Gasteiger charge is 2.04. The normalized spacial score (nSPS) is 10.6.